The first-order valence-electron chi connectivity index (χ1n) is 9.01. The van der Waals surface area contributed by atoms with Crippen LogP contribution >= 0.6 is 0 Å². The molecular weight excluding hydrogens is 259 g/mol. The lowest BCUT2D eigenvalue weighted by Crippen LogP contribution is -2.25. The zero-order chi connectivity index (χ0) is 14.7. The Bertz CT molecular complexity index is 420. The summed E-state index contributed by atoms with van der Waals surface area (Å²) >= 11 is 0. The Morgan fingerprint density at radius 3 is 1.86 bits per heavy atom. The van der Waals surface area contributed by atoms with E-state index in [2.05, 4.69) is 6.92 Å². The minimum Gasteiger partial charge on any atom is -0.207 e. The van der Waals surface area contributed by atoms with E-state index in [9.17, 15) is 4.39 Å². The summed E-state index contributed by atoms with van der Waals surface area (Å²) in [6.45, 7) is 2.35. The maximum Gasteiger partial charge on any atom is 0.123 e. The van der Waals surface area contributed by atoms with E-state index >= 15 is 0 Å². The average Bonchev–Trinajstić information content (AvgIpc) is 2.56. The summed E-state index contributed by atoms with van der Waals surface area (Å²) in [5.74, 6) is 3.55. The van der Waals surface area contributed by atoms with Crippen LogP contribution in [0.25, 0.3) is 0 Å². The van der Waals surface area contributed by atoms with Crippen molar-refractivity contribution < 1.29 is 4.39 Å². The van der Waals surface area contributed by atoms with Gasteiger partial charge in [-0.1, -0.05) is 38.3 Å². The highest BCUT2D eigenvalue weighted by atomic mass is 19.1. The Kier molecular flexibility index (Phi) is 4.98. The van der Waals surface area contributed by atoms with Crippen molar-refractivity contribution >= 4 is 0 Å². The van der Waals surface area contributed by atoms with Gasteiger partial charge in [0.2, 0.25) is 0 Å². The van der Waals surface area contributed by atoms with Gasteiger partial charge in [0.1, 0.15) is 5.82 Å². The molecule has 0 nitrogen and oxygen atoms in total. The maximum absolute atomic E-state index is 13.0. The van der Waals surface area contributed by atoms with Crippen molar-refractivity contribution in [1.82, 2.24) is 0 Å². The molecule has 0 amide bonds. The van der Waals surface area contributed by atoms with Crippen molar-refractivity contribution in [3.8, 4) is 0 Å². The molecule has 0 aromatic heterocycles. The lowest BCUT2D eigenvalue weighted by molar-refractivity contribution is 0.158. The minimum absolute atomic E-state index is 0.111. The summed E-state index contributed by atoms with van der Waals surface area (Å²) in [7, 11) is 0. The van der Waals surface area contributed by atoms with Crippen LogP contribution in [-0.2, 0) is 0 Å². The monoisotopic (exact) mass is 288 g/mol. The topological polar surface area (TPSA) is 0 Å². The molecular formula is C20H29F. The number of halogens is 1. The normalized spacial score (nSPS) is 33.8. The molecule has 0 heterocycles. The van der Waals surface area contributed by atoms with Crippen LogP contribution in [0, 0.1) is 23.6 Å². The lowest BCUT2D eigenvalue weighted by atomic mass is 9.68. The molecule has 2 saturated carbocycles. The highest BCUT2D eigenvalue weighted by molar-refractivity contribution is 5.20. The Hall–Kier alpha value is -0.850. The van der Waals surface area contributed by atoms with E-state index in [0.29, 0.717) is 5.92 Å². The quantitative estimate of drug-likeness (QED) is 0.611. The molecule has 116 valence electrons. The van der Waals surface area contributed by atoms with Crippen molar-refractivity contribution in [2.45, 2.75) is 70.6 Å². The van der Waals surface area contributed by atoms with Crippen LogP contribution in [-0.4, -0.2) is 0 Å². The van der Waals surface area contributed by atoms with Gasteiger partial charge < -0.3 is 0 Å². The van der Waals surface area contributed by atoms with Gasteiger partial charge >= 0.3 is 0 Å². The Balaban J connectivity index is 1.50. The summed E-state index contributed by atoms with van der Waals surface area (Å²) in [6, 6.07) is 7.22. The van der Waals surface area contributed by atoms with E-state index in [1.165, 1.54) is 63.4 Å². The van der Waals surface area contributed by atoms with E-state index in [4.69, 9.17) is 0 Å². The first kappa shape index (κ1) is 15.1. The second kappa shape index (κ2) is 6.94. The molecule has 0 unspecified atom stereocenters. The van der Waals surface area contributed by atoms with Crippen molar-refractivity contribution in [1.29, 1.82) is 0 Å². The summed E-state index contributed by atoms with van der Waals surface area (Å²) in [6.07, 6.45) is 12.7. The smallest absolute Gasteiger partial charge is 0.123 e. The molecule has 0 spiro atoms. The molecule has 21 heavy (non-hydrogen) atoms. The van der Waals surface area contributed by atoms with Crippen LogP contribution in [0.15, 0.2) is 24.3 Å². The van der Waals surface area contributed by atoms with Crippen molar-refractivity contribution in [2.75, 3.05) is 0 Å². The van der Waals surface area contributed by atoms with Crippen LogP contribution in [0.3, 0.4) is 0 Å². The number of benzene rings is 1. The molecule has 0 saturated heterocycles. The molecule has 1 heteroatoms. The fourth-order valence-electron chi connectivity index (χ4n) is 4.73. The SMILES string of the molecule is CC[C@H]1CC[C@H](C2CCC(c3ccc(F)cc3)CC2)CC1. The fourth-order valence-corrected chi connectivity index (χ4v) is 4.73. The molecule has 0 N–H and O–H groups in total. The molecule has 2 aliphatic rings. The van der Waals surface area contributed by atoms with Gasteiger partial charge in [0.15, 0.2) is 0 Å². The minimum atomic E-state index is -0.111. The predicted molar refractivity (Wildman–Crippen MR) is 86.8 cm³/mol. The van der Waals surface area contributed by atoms with Crippen LogP contribution in [0.4, 0.5) is 4.39 Å². The van der Waals surface area contributed by atoms with Gasteiger partial charge in [-0.05, 0) is 79.9 Å². The Labute approximate surface area is 129 Å². The Morgan fingerprint density at radius 2 is 1.33 bits per heavy atom. The summed E-state index contributed by atoms with van der Waals surface area (Å²) < 4.78 is 13.0. The van der Waals surface area contributed by atoms with Crippen LogP contribution in [0.5, 0.6) is 0 Å². The van der Waals surface area contributed by atoms with Crippen molar-refractivity contribution in [3.05, 3.63) is 35.6 Å². The number of hydrogen-bond donors (Lipinski definition) is 0. The lowest BCUT2D eigenvalue weighted by Gasteiger charge is -2.37. The van der Waals surface area contributed by atoms with E-state index in [-0.39, 0.29) is 5.82 Å². The first-order chi connectivity index (χ1) is 10.3. The molecule has 0 radical (unpaired) electrons. The van der Waals surface area contributed by atoms with E-state index in [0.717, 1.165) is 17.8 Å². The summed E-state index contributed by atoms with van der Waals surface area (Å²) in [5.41, 5.74) is 1.35. The van der Waals surface area contributed by atoms with E-state index < -0.39 is 0 Å². The number of hydrogen-bond acceptors (Lipinski definition) is 0. The third-order valence-electron chi connectivity index (χ3n) is 6.25. The van der Waals surface area contributed by atoms with Gasteiger partial charge in [0.05, 0.1) is 0 Å². The highest BCUT2D eigenvalue weighted by Crippen LogP contribution is 2.44. The van der Waals surface area contributed by atoms with Gasteiger partial charge in [-0.2, -0.15) is 0 Å². The van der Waals surface area contributed by atoms with E-state index in [1.54, 1.807) is 12.1 Å². The summed E-state index contributed by atoms with van der Waals surface area (Å²) in [4.78, 5) is 0. The van der Waals surface area contributed by atoms with Gasteiger partial charge in [0.25, 0.3) is 0 Å². The zero-order valence-corrected chi connectivity index (χ0v) is 13.4. The van der Waals surface area contributed by atoms with Gasteiger partial charge in [0, 0.05) is 0 Å². The van der Waals surface area contributed by atoms with Crippen LogP contribution in [0.2, 0.25) is 0 Å². The third-order valence-corrected chi connectivity index (χ3v) is 6.25. The van der Waals surface area contributed by atoms with Crippen LogP contribution in [0.1, 0.15) is 76.2 Å². The fraction of sp³-hybridized carbons (Fsp3) is 0.700. The highest BCUT2D eigenvalue weighted by Gasteiger charge is 2.30. The van der Waals surface area contributed by atoms with Crippen molar-refractivity contribution in [3.63, 3.8) is 0 Å². The molecule has 2 aliphatic carbocycles. The second-order valence-electron chi connectivity index (χ2n) is 7.35. The molecule has 1 aromatic rings. The van der Waals surface area contributed by atoms with Crippen LogP contribution < -0.4 is 0 Å². The van der Waals surface area contributed by atoms with E-state index in [1.807, 2.05) is 12.1 Å². The largest absolute Gasteiger partial charge is 0.207 e. The zero-order valence-electron chi connectivity index (χ0n) is 13.4. The molecule has 1 aromatic carbocycles. The Morgan fingerprint density at radius 1 is 0.810 bits per heavy atom. The standard InChI is InChI=1S/C20H29F/c1-2-15-3-5-16(6-4-15)17-7-9-18(10-8-17)19-11-13-20(21)14-12-19/h11-18H,2-10H2,1H3/t15-,16-,17?,18?. The second-order valence-corrected chi connectivity index (χ2v) is 7.35. The first-order valence-corrected chi connectivity index (χ1v) is 9.01. The molecule has 0 bridgehead atoms. The third kappa shape index (κ3) is 3.67. The molecule has 3 rings (SSSR count). The predicted octanol–water partition coefficient (Wildman–Crippen LogP) is 6.32. The van der Waals surface area contributed by atoms with Crippen molar-refractivity contribution in [2.24, 2.45) is 17.8 Å². The average molecular weight is 288 g/mol. The van der Waals surface area contributed by atoms with Gasteiger partial charge in [-0.25, -0.2) is 4.39 Å². The maximum atomic E-state index is 13.0. The molecule has 0 atom stereocenters. The molecule has 2 fully saturated rings. The van der Waals surface area contributed by atoms with Gasteiger partial charge in [-0.3, -0.25) is 0 Å². The number of rotatable bonds is 3. The summed E-state index contributed by atoms with van der Waals surface area (Å²) in [5, 5.41) is 0. The van der Waals surface area contributed by atoms with Gasteiger partial charge in [-0.15, -0.1) is 0 Å². The molecule has 0 aliphatic heterocycles.